The molecule has 0 aromatic rings. The molecule has 1 aliphatic carbocycles. The molecule has 0 radical (unpaired) electrons. The summed E-state index contributed by atoms with van der Waals surface area (Å²) in [5.74, 6) is 0.326. The first-order chi connectivity index (χ1) is 7.99. The minimum atomic E-state index is -0.893. The highest BCUT2D eigenvalue weighted by Gasteiger charge is 2.46. The van der Waals surface area contributed by atoms with Crippen LogP contribution >= 0.6 is 0 Å². The molecule has 1 N–H and O–H groups in total. The van der Waals surface area contributed by atoms with Gasteiger partial charge in [0.25, 0.3) is 0 Å². The molecule has 2 aliphatic rings. The van der Waals surface area contributed by atoms with Crippen molar-refractivity contribution in [2.24, 2.45) is 0 Å². The zero-order chi connectivity index (χ0) is 12.6. The standard InChI is InChI=1S/C11H18N2O3S/c1-7(6-17(2)16)12-9-5-10(14)13(11(9)15)8-3-4-8/h7-9,12H,3-6H2,1-2H3. The van der Waals surface area contributed by atoms with E-state index in [-0.39, 0.29) is 30.3 Å². The van der Waals surface area contributed by atoms with Gasteiger partial charge in [-0.2, -0.15) is 0 Å². The Morgan fingerprint density at radius 3 is 2.65 bits per heavy atom. The van der Waals surface area contributed by atoms with Gasteiger partial charge in [0, 0.05) is 34.9 Å². The second-order valence-corrected chi connectivity index (χ2v) is 6.38. The van der Waals surface area contributed by atoms with Crippen molar-refractivity contribution in [2.75, 3.05) is 12.0 Å². The van der Waals surface area contributed by atoms with E-state index in [1.54, 1.807) is 6.26 Å². The van der Waals surface area contributed by atoms with Crippen molar-refractivity contribution >= 4 is 22.6 Å². The third-order valence-electron chi connectivity index (χ3n) is 3.07. The second-order valence-electron chi connectivity index (χ2n) is 4.90. The molecule has 96 valence electrons. The Morgan fingerprint density at radius 2 is 2.12 bits per heavy atom. The van der Waals surface area contributed by atoms with Crippen LogP contribution in [0, 0.1) is 0 Å². The predicted octanol–water partition coefficient (Wildman–Crippen LogP) is -0.367. The van der Waals surface area contributed by atoms with Crippen LogP contribution in [0.5, 0.6) is 0 Å². The largest absolute Gasteiger partial charge is 0.302 e. The molecule has 0 spiro atoms. The van der Waals surface area contributed by atoms with Gasteiger partial charge in [-0.1, -0.05) is 0 Å². The van der Waals surface area contributed by atoms with Crippen LogP contribution in [-0.4, -0.2) is 51.1 Å². The van der Waals surface area contributed by atoms with Crippen LogP contribution in [0.4, 0.5) is 0 Å². The van der Waals surface area contributed by atoms with Gasteiger partial charge < -0.3 is 5.32 Å². The van der Waals surface area contributed by atoms with Crippen molar-refractivity contribution in [3.63, 3.8) is 0 Å². The van der Waals surface area contributed by atoms with Crippen LogP contribution < -0.4 is 5.32 Å². The van der Waals surface area contributed by atoms with Crippen molar-refractivity contribution in [2.45, 2.75) is 44.3 Å². The third-order valence-corrected chi connectivity index (χ3v) is 4.03. The SMILES string of the molecule is CC(CS(C)=O)NC1CC(=O)N(C2CC2)C1=O. The predicted molar refractivity (Wildman–Crippen MR) is 64.8 cm³/mol. The summed E-state index contributed by atoms with van der Waals surface area (Å²) < 4.78 is 11.1. The molecule has 0 aromatic heterocycles. The van der Waals surface area contributed by atoms with E-state index >= 15 is 0 Å². The highest BCUT2D eigenvalue weighted by atomic mass is 32.2. The Labute approximate surface area is 103 Å². The molecule has 0 aromatic carbocycles. The zero-order valence-electron chi connectivity index (χ0n) is 10.1. The average molecular weight is 258 g/mol. The summed E-state index contributed by atoms with van der Waals surface area (Å²) in [5.41, 5.74) is 0. The van der Waals surface area contributed by atoms with Gasteiger partial charge in [0.2, 0.25) is 11.8 Å². The fourth-order valence-electron chi connectivity index (χ4n) is 2.24. The maximum absolute atomic E-state index is 12.0. The van der Waals surface area contributed by atoms with E-state index in [1.807, 2.05) is 6.92 Å². The molecule has 2 rings (SSSR count). The van der Waals surface area contributed by atoms with Crippen LogP contribution in [0.1, 0.15) is 26.2 Å². The van der Waals surface area contributed by atoms with Crippen LogP contribution in [0.15, 0.2) is 0 Å². The monoisotopic (exact) mass is 258 g/mol. The minimum absolute atomic E-state index is 0.0123. The quantitative estimate of drug-likeness (QED) is 0.684. The summed E-state index contributed by atoms with van der Waals surface area (Å²) in [7, 11) is -0.893. The lowest BCUT2D eigenvalue weighted by Gasteiger charge is -2.18. The number of rotatable bonds is 5. The van der Waals surface area contributed by atoms with Crippen molar-refractivity contribution in [3.8, 4) is 0 Å². The average Bonchev–Trinajstić information content (AvgIpc) is 2.95. The summed E-state index contributed by atoms with van der Waals surface area (Å²) in [5, 5.41) is 3.10. The van der Waals surface area contributed by atoms with Gasteiger partial charge in [0.15, 0.2) is 0 Å². The number of nitrogens with one attached hydrogen (secondary N) is 1. The number of imide groups is 1. The Balaban J connectivity index is 1.92. The Morgan fingerprint density at radius 1 is 1.47 bits per heavy atom. The van der Waals surface area contributed by atoms with Crippen LogP contribution in [0.25, 0.3) is 0 Å². The highest BCUT2D eigenvalue weighted by Crippen LogP contribution is 2.31. The van der Waals surface area contributed by atoms with Crippen LogP contribution in [0.2, 0.25) is 0 Å². The summed E-state index contributed by atoms with van der Waals surface area (Å²) in [6.45, 7) is 1.89. The Kier molecular flexibility index (Phi) is 3.63. The van der Waals surface area contributed by atoms with Gasteiger partial charge in [0.05, 0.1) is 12.5 Å². The topological polar surface area (TPSA) is 66.5 Å². The molecule has 3 atom stereocenters. The summed E-state index contributed by atoms with van der Waals surface area (Å²) >= 11 is 0. The number of hydrogen-bond donors (Lipinski definition) is 1. The van der Waals surface area contributed by atoms with E-state index in [1.165, 1.54) is 4.90 Å². The van der Waals surface area contributed by atoms with Gasteiger partial charge in [-0.25, -0.2) is 0 Å². The van der Waals surface area contributed by atoms with Gasteiger partial charge >= 0.3 is 0 Å². The smallest absolute Gasteiger partial charge is 0.247 e. The van der Waals surface area contributed by atoms with Crippen molar-refractivity contribution < 1.29 is 13.8 Å². The Bertz CT molecular complexity index is 368. The fourth-order valence-corrected chi connectivity index (χ4v) is 3.04. The van der Waals surface area contributed by atoms with Crippen LogP contribution in [-0.2, 0) is 20.4 Å². The van der Waals surface area contributed by atoms with Gasteiger partial charge in [-0.3, -0.25) is 18.7 Å². The van der Waals surface area contributed by atoms with E-state index in [0.29, 0.717) is 5.75 Å². The lowest BCUT2D eigenvalue weighted by Crippen LogP contribution is -2.45. The number of nitrogens with zero attached hydrogens (tertiary/aromatic N) is 1. The maximum Gasteiger partial charge on any atom is 0.247 e. The van der Waals surface area contributed by atoms with E-state index in [2.05, 4.69) is 5.32 Å². The summed E-state index contributed by atoms with van der Waals surface area (Å²) in [6, 6.07) is -0.277. The molecule has 2 fully saturated rings. The number of amides is 2. The zero-order valence-corrected chi connectivity index (χ0v) is 11.0. The molecule has 1 aliphatic heterocycles. The number of carbonyl (C=O) groups excluding carboxylic acids is 2. The van der Waals surface area contributed by atoms with E-state index in [9.17, 15) is 13.8 Å². The first kappa shape index (κ1) is 12.7. The Hall–Kier alpha value is -0.750. The highest BCUT2D eigenvalue weighted by molar-refractivity contribution is 7.84. The number of likely N-dealkylation sites (tertiary alicyclic amines) is 1. The van der Waals surface area contributed by atoms with Crippen molar-refractivity contribution in [1.82, 2.24) is 10.2 Å². The van der Waals surface area contributed by atoms with Crippen LogP contribution in [0.3, 0.4) is 0 Å². The molecular formula is C11H18N2O3S. The molecule has 6 heteroatoms. The normalized spacial score (nSPS) is 28.6. The van der Waals surface area contributed by atoms with E-state index in [4.69, 9.17) is 0 Å². The molecule has 3 unspecified atom stereocenters. The summed E-state index contributed by atoms with van der Waals surface area (Å²) in [4.78, 5) is 25.1. The lowest BCUT2D eigenvalue weighted by atomic mass is 10.2. The van der Waals surface area contributed by atoms with Gasteiger partial charge in [-0.05, 0) is 19.8 Å². The minimum Gasteiger partial charge on any atom is -0.302 e. The van der Waals surface area contributed by atoms with Gasteiger partial charge in [0.1, 0.15) is 0 Å². The fraction of sp³-hybridized carbons (Fsp3) is 0.818. The molecule has 17 heavy (non-hydrogen) atoms. The lowest BCUT2D eigenvalue weighted by molar-refractivity contribution is -0.139. The molecule has 1 saturated carbocycles. The molecule has 2 amide bonds. The first-order valence-corrected chi connectivity index (χ1v) is 7.63. The van der Waals surface area contributed by atoms with Crippen molar-refractivity contribution in [3.05, 3.63) is 0 Å². The first-order valence-electron chi connectivity index (χ1n) is 5.91. The van der Waals surface area contributed by atoms with E-state index < -0.39 is 16.8 Å². The summed E-state index contributed by atoms with van der Waals surface area (Å²) in [6.07, 6.45) is 3.77. The molecule has 1 saturated heterocycles. The molecule has 1 heterocycles. The maximum atomic E-state index is 12.0. The molecule has 5 nitrogen and oxygen atoms in total. The second kappa shape index (κ2) is 4.86. The third kappa shape index (κ3) is 2.93. The molecule has 0 bridgehead atoms. The van der Waals surface area contributed by atoms with Gasteiger partial charge in [-0.15, -0.1) is 0 Å². The number of carbonyl (C=O) groups is 2. The van der Waals surface area contributed by atoms with Crippen molar-refractivity contribution in [1.29, 1.82) is 0 Å². The number of hydrogen-bond acceptors (Lipinski definition) is 4. The van der Waals surface area contributed by atoms with E-state index in [0.717, 1.165) is 12.8 Å². The molecular weight excluding hydrogens is 240 g/mol.